The van der Waals surface area contributed by atoms with Gasteiger partial charge in [-0.1, -0.05) is 0 Å². The first-order valence-corrected chi connectivity index (χ1v) is 11.5. The topological polar surface area (TPSA) is 124 Å². The average Bonchev–Trinajstić information content (AvgIpc) is 2.83. The highest BCUT2D eigenvalue weighted by atomic mass is 16.6. The molecule has 0 bridgehead atoms. The molecule has 0 spiro atoms. The standard InChI is InChI=1S/C8H18O4.C7H16O4.C7H16O3/c1-2-10-5-6-12-8-7-11-4-3-9;1-9-4-5-11-7-6-10-3-2-8;1-3-9-6-7-10-5-4-8-2/h9H,2-8H2,1H3;8H,2-7H2,1H3;3-7H2,1-2H3. The molecule has 11 heteroatoms. The van der Waals surface area contributed by atoms with Gasteiger partial charge in [-0.05, 0) is 13.8 Å². The van der Waals surface area contributed by atoms with E-state index in [-0.39, 0.29) is 13.2 Å². The molecular formula is C22H50O11. The maximum Gasteiger partial charge on any atom is 0.0701 e. The monoisotopic (exact) mass is 490 g/mol. The Balaban J connectivity index is -0.000000411. The van der Waals surface area contributed by atoms with Gasteiger partial charge < -0.3 is 52.8 Å². The SMILES string of the molecule is CCOCCOCCOC.CCOCCOCCOCCO.COCCOCCOCCO. The van der Waals surface area contributed by atoms with Gasteiger partial charge in [0.15, 0.2) is 0 Å². The third-order valence-corrected chi connectivity index (χ3v) is 3.23. The smallest absolute Gasteiger partial charge is 0.0701 e. The van der Waals surface area contributed by atoms with Gasteiger partial charge in [-0.25, -0.2) is 0 Å². The summed E-state index contributed by atoms with van der Waals surface area (Å²) in [6.07, 6.45) is 0. The molecule has 11 nitrogen and oxygen atoms in total. The van der Waals surface area contributed by atoms with Gasteiger partial charge in [0, 0.05) is 27.4 Å². The molecule has 0 fully saturated rings. The first-order valence-electron chi connectivity index (χ1n) is 11.5. The van der Waals surface area contributed by atoms with Crippen LogP contribution in [0.25, 0.3) is 0 Å². The minimum Gasteiger partial charge on any atom is -0.394 e. The number of rotatable bonds is 24. The highest BCUT2D eigenvalue weighted by Crippen LogP contribution is 1.81. The first kappa shape index (κ1) is 37.1. The summed E-state index contributed by atoms with van der Waals surface area (Å²) in [5, 5.41) is 16.7. The fourth-order valence-electron chi connectivity index (χ4n) is 1.68. The van der Waals surface area contributed by atoms with Crippen molar-refractivity contribution in [3.63, 3.8) is 0 Å². The van der Waals surface area contributed by atoms with Crippen LogP contribution in [0.15, 0.2) is 0 Å². The molecule has 0 atom stereocenters. The van der Waals surface area contributed by atoms with Gasteiger partial charge >= 0.3 is 0 Å². The van der Waals surface area contributed by atoms with Crippen molar-refractivity contribution in [3.8, 4) is 0 Å². The van der Waals surface area contributed by atoms with Crippen molar-refractivity contribution >= 4 is 0 Å². The minimum absolute atomic E-state index is 0.0675. The van der Waals surface area contributed by atoms with E-state index in [1.807, 2.05) is 13.8 Å². The normalized spacial score (nSPS) is 10.4. The maximum atomic E-state index is 8.35. The van der Waals surface area contributed by atoms with E-state index >= 15 is 0 Å². The predicted molar refractivity (Wildman–Crippen MR) is 125 cm³/mol. The molecule has 0 aliphatic carbocycles. The summed E-state index contributed by atoms with van der Waals surface area (Å²) in [5.41, 5.74) is 0. The Kier molecular flexibility index (Phi) is 47.0. The number of hydrogen-bond donors (Lipinski definition) is 2. The Morgan fingerprint density at radius 3 is 0.848 bits per heavy atom. The van der Waals surface area contributed by atoms with Crippen LogP contribution in [0, 0.1) is 0 Å². The number of ether oxygens (including phenoxy) is 9. The van der Waals surface area contributed by atoms with Crippen molar-refractivity contribution < 1.29 is 52.8 Å². The highest BCUT2D eigenvalue weighted by molar-refractivity contribution is 4.33. The fraction of sp³-hybridized carbons (Fsp3) is 1.00. The maximum absolute atomic E-state index is 8.35. The van der Waals surface area contributed by atoms with Crippen LogP contribution in [0.5, 0.6) is 0 Å². The molecule has 0 rings (SSSR count). The molecule has 2 N–H and O–H groups in total. The molecule has 0 saturated carbocycles. The molecule has 33 heavy (non-hydrogen) atoms. The molecule has 0 aliphatic heterocycles. The van der Waals surface area contributed by atoms with Crippen molar-refractivity contribution in [1.29, 1.82) is 0 Å². The van der Waals surface area contributed by atoms with Gasteiger partial charge in [-0.15, -0.1) is 0 Å². The van der Waals surface area contributed by atoms with Crippen LogP contribution in [0.2, 0.25) is 0 Å². The number of methoxy groups -OCH3 is 2. The lowest BCUT2D eigenvalue weighted by molar-refractivity contribution is 0.00965. The van der Waals surface area contributed by atoms with Crippen molar-refractivity contribution in [3.05, 3.63) is 0 Å². The Bertz CT molecular complexity index is 261. The van der Waals surface area contributed by atoms with E-state index in [2.05, 4.69) is 0 Å². The molecule has 0 aliphatic rings. The number of hydrogen-bond acceptors (Lipinski definition) is 11. The summed E-state index contributed by atoms with van der Waals surface area (Å²) >= 11 is 0. The Morgan fingerprint density at radius 2 is 0.606 bits per heavy atom. The van der Waals surface area contributed by atoms with E-state index in [1.165, 1.54) is 0 Å². The summed E-state index contributed by atoms with van der Waals surface area (Å²) in [5.74, 6) is 0. The van der Waals surface area contributed by atoms with E-state index < -0.39 is 0 Å². The fourth-order valence-corrected chi connectivity index (χ4v) is 1.68. The summed E-state index contributed by atoms with van der Waals surface area (Å²) in [4.78, 5) is 0. The molecule has 0 aromatic rings. The molecule has 0 unspecified atom stereocenters. The zero-order valence-corrected chi connectivity index (χ0v) is 21.3. The third-order valence-electron chi connectivity index (χ3n) is 3.23. The van der Waals surface area contributed by atoms with Gasteiger partial charge in [0.05, 0.1) is 106 Å². The molecule has 0 aromatic carbocycles. The lowest BCUT2D eigenvalue weighted by atomic mass is 10.7. The van der Waals surface area contributed by atoms with E-state index in [0.29, 0.717) is 92.5 Å². The molecule has 0 saturated heterocycles. The Hall–Kier alpha value is -0.440. The van der Waals surface area contributed by atoms with Crippen molar-refractivity contribution in [2.24, 2.45) is 0 Å². The van der Waals surface area contributed by atoms with Crippen molar-refractivity contribution in [2.45, 2.75) is 13.8 Å². The number of aliphatic hydroxyl groups excluding tert-OH is 2. The summed E-state index contributed by atoms with van der Waals surface area (Å²) in [6, 6.07) is 0. The minimum atomic E-state index is 0.0675. The molecular weight excluding hydrogens is 440 g/mol. The van der Waals surface area contributed by atoms with Gasteiger partial charge in [0.1, 0.15) is 0 Å². The average molecular weight is 491 g/mol. The molecule has 0 radical (unpaired) electrons. The largest absolute Gasteiger partial charge is 0.394 e. The van der Waals surface area contributed by atoms with Gasteiger partial charge in [0.25, 0.3) is 0 Å². The molecule has 0 aromatic heterocycles. The second-order valence-electron chi connectivity index (χ2n) is 5.89. The van der Waals surface area contributed by atoms with E-state index in [9.17, 15) is 0 Å². The van der Waals surface area contributed by atoms with Crippen LogP contribution >= 0.6 is 0 Å². The third kappa shape index (κ3) is 49.7. The van der Waals surface area contributed by atoms with Crippen LogP contribution in [-0.2, 0) is 42.6 Å². The lowest BCUT2D eigenvalue weighted by Gasteiger charge is -2.04. The van der Waals surface area contributed by atoms with Crippen molar-refractivity contribution in [2.75, 3.05) is 133 Å². The zero-order valence-electron chi connectivity index (χ0n) is 21.3. The predicted octanol–water partition coefficient (Wildman–Crippen LogP) is 0.393. The molecule has 204 valence electrons. The second-order valence-corrected chi connectivity index (χ2v) is 5.89. The van der Waals surface area contributed by atoms with Crippen LogP contribution < -0.4 is 0 Å². The Labute approximate surface area is 200 Å². The van der Waals surface area contributed by atoms with Crippen LogP contribution in [0.3, 0.4) is 0 Å². The van der Waals surface area contributed by atoms with Crippen molar-refractivity contribution in [1.82, 2.24) is 0 Å². The summed E-state index contributed by atoms with van der Waals surface area (Å²) < 4.78 is 44.9. The van der Waals surface area contributed by atoms with Crippen LogP contribution in [0.1, 0.15) is 13.8 Å². The van der Waals surface area contributed by atoms with E-state index in [0.717, 1.165) is 13.2 Å². The number of aliphatic hydroxyl groups is 2. The summed E-state index contributed by atoms with van der Waals surface area (Å²) in [6.45, 7) is 13.6. The quantitative estimate of drug-likeness (QED) is 0.183. The summed E-state index contributed by atoms with van der Waals surface area (Å²) in [7, 11) is 3.29. The van der Waals surface area contributed by atoms with E-state index in [4.69, 9.17) is 52.8 Å². The zero-order chi connectivity index (χ0) is 25.1. The van der Waals surface area contributed by atoms with Gasteiger partial charge in [-0.3, -0.25) is 0 Å². The molecule has 0 amide bonds. The van der Waals surface area contributed by atoms with Crippen LogP contribution in [0.4, 0.5) is 0 Å². The first-order chi connectivity index (χ1) is 16.2. The molecule has 0 heterocycles. The highest BCUT2D eigenvalue weighted by Gasteiger charge is 1.89. The van der Waals surface area contributed by atoms with E-state index in [1.54, 1.807) is 14.2 Å². The lowest BCUT2D eigenvalue weighted by Crippen LogP contribution is -2.10. The van der Waals surface area contributed by atoms with Gasteiger partial charge in [-0.2, -0.15) is 0 Å². The Morgan fingerprint density at radius 1 is 0.364 bits per heavy atom. The second kappa shape index (κ2) is 41.8. The van der Waals surface area contributed by atoms with Crippen LogP contribution in [-0.4, -0.2) is 143 Å². The van der Waals surface area contributed by atoms with Gasteiger partial charge in [0.2, 0.25) is 0 Å².